The molecule has 3 aromatic rings. The summed E-state index contributed by atoms with van der Waals surface area (Å²) in [5, 5.41) is 8.53. The Labute approximate surface area is 158 Å². The van der Waals surface area contributed by atoms with Crippen molar-refractivity contribution in [1.29, 1.82) is 0 Å². The molecular formula is C17H16BrClN4O2. The first-order chi connectivity index (χ1) is 11.9. The monoisotopic (exact) mass is 422 g/mol. The second-order valence-electron chi connectivity index (χ2n) is 5.73. The molecule has 8 heteroatoms. The summed E-state index contributed by atoms with van der Waals surface area (Å²) in [4.78, 5) is 16.5. The molecule has 0 saturated heterocycles. The Morgan fingerprint density at radius 3 is 2.88 bits per heavy atom. The van der Waals surface area contributed by atoms with Crippen molar-refractivity contribution in [2.24, 2.45) is 0 Å². The molecule has 3 rings (SSSR count). The number of anilines is 1. The van der Waals surface area contributed by atoms with Crippen LogP contribution in [-0.4, -0.2) is 27.3 Å². The Hall–Kier alpha value is -2.12. The number of benzene rings is 1. The summed E-state index contributed by atoms with van der Waals surface area (Å²) >= 11 is 9.22. The Bertz CT molecular complexity index is 926. The highest BCUT2D eigenvalue weighted by atomic mass is 79.9. The highest BCUT2D eigenvalue weighted by Crippen LogP contribution is 2.28. The van der Waals surface area contributed by atoms with Crippen molar-refractivity contribution in [2.75, 3.05) is 11.9 Å². The number of nitrogens with one attached hydrogen (secondary N) is 1. The third-order valence-electron chi connectivity index (χ3n) is 3.46. The first kappa shape index (κ1) is 17.7. The minimum Gasteiger partial charge on any atom is -0.483 e. The smallest absolute Gasteiger partial charge is 0.262 e. The van der Waals surface area contributed by atoms with E-state index in [9.17, 15) is 4.79 Å². The maximum atomic E-state index is 12.1. The van der Waals surface area contributed by atoms with Crippen molar-refractivity contribution in [1.82, 2.24) is 14.8 Å². The van der Waals surface area contributed by atoms with Crippen molar-refractivity contribution in [3.8, 4) is 5.75 Å². The van der Waals surface area contributed by atoms with Crippen molar-refractivity contribution in [3.05, 3.63) is 46.2 Å². The van der Waals surface area contributed by atoms with Crippen molar-refractivity contribution >= 4 is 50.2 Å². The maximum Gasteiger partial charge on any atom is 0.262 e. The fourth-order valence-electron chi connectivity index (χ4n) is 2.32. The number of hydrogen-bond acceptors (Lipinski definition) is 4. The Kier molecular flexibility index (Phi) is 5.24. The molecule has 2 aromatic heterocycles. The first-order valence-corrected chi connectivity index (χ1v) is 8.82. The number of nitrogens with zero attached hydrogens (tertiary/aromatic N) is 3. The number of rotatable bonds is 5. The predicted octanol–water partition coefficient (Wildman–Crippen LogP) is 4.45. The van der Waals surface area contributed by atoms with Crippen molar-refractivity contribution in [2.45, 2.75) is 19.9 Å². The van der Waals surface area contributed by atoms with Crippen LogP contribution in [0.3, 0.4) is 0 Å². The second-order valence-corrected chi connectivity index (χ2v) is 7.02. The first-order valence-electron chi connectivity index (χ1n) is 7.65. The van der Waals surface area contributed by atoms with E-state index < -0.39 is 0 Å². The van der Waals surface area contributed by atoms with Gasteiger partial charge in [0.05, 0.1) is 22.6 Å². The molecule has 0 atom stereocenters. The summed E-state index contributed by atoms with van der Waals surface area (Å²) in [5.74, 6) is 0.269. The second kappa shape index (κ2) is 7.41. The maximum absolute atomic E-state index is 12.1. The normalized spacial score (nSPS) is 11.1. The van der Waals surface area contributed by atoms with Crippen LogP contribution >= 0.6 is 27.5 Å². The molecule has 1 N–H and O–H groups in total. The number of aromatic nitrogens is 3. The quantitative estimate of drug-likeness (QED) is 0.658. The molecule has 0 radical (unpaired) electrons. The average Bonchev–Trinajstić information content (AvgIpc) is 2.97. The summed E-state index contributed by atoms with van der Waals surface area (Å²) in [7, 11) is 0. The van der Waals surface area contributed by atoms with Crippen LogP contribution in [0, 0.1) is 0 Å². The van der Waals surface area contributed by atoms with Crippen molar-refractivity contribution in [3.63, 3.8) is 0 Å². The fraction of sp³-hybridized carbons (Fsp3) is 0.235. The highest BCUT2D eigenvalue weighted by Gasteiger charge is 2.10. The molecular weight excluding hydrogens is 408 g/mol. The van der Waals surface area contributed by atoms with E-state index in [0.717, 1.165) is 11.0 Å². The lowest BCUT2D eigenvalue weighted by Gasteiger charge is -2.09. The molecule has 130 valence electrons. The molecule has 0 bridgehead atoms. The number of carbonyl (C=O) groups is 1. The van der Waals surface area contributed by atoms with Gasteiger partial charge in [-0.25, -0.2) is 9.67 Å². The van der Waals surface area contributed by atoms with Crippen molar-refractivity contribution < 1.29 is 9.53 Å². The molecule has 0 fully saturated rings. The van der Waals surface area contributed by atoms with Crippen LogP contribution in [0.5, 0.6) is 5.75 Å². The van der Waals surface area contributed by atoms with E-state index in [4.69, 9.17) is 16.3 Å². The third kappa shape index (κ3) is 4.11. The summed E-state index contributed by atoms with van der Waals surface area (Å²) in [5.41, 5.74) is 1.38. The van der Waals surface area contributed by atoms with Crippen LogP contribution in [0.15, 0.2) is 41.1 Å². The van der Waals surface area contributed by atoms with Gasteiger partial charge in [-0.15, -0.1) is 0 Å². The summed E-state index contributed by atoms with van der Waals surface area (Å²) in [6.45, 7) is 3.95. The molecule has 0 aliphatic rings. The standard InChI is InChI=1S/C17H16BrClN4O2/c1-10(2)23-17-11(7-21-23)5-13(8-20-17)22-16(24)9-25-15-4-3-12(19)6-14(15)18/h3-8,10H,9H2,1-2H3,(H,22,24). The van der Waals surface area contributed by atoms with E-state index in [-0.39, 0.29) is 18.6 Å². The third-order valence-corrected chi connectivity index (χ3v) is 4.31. The van der Waals surface area contributed by atoms with Gasteiger partial charge in [-0.2, -0.15) is 5.10 Å². The summed E-state index contributed by atoms with van der Waals surface area (Å²) in [6, 6.07) is 7.16. The van der Waals surface area contributed by atoms with Crippen LogP contribution in [0.4, 0.5) is 5.69 Å². The van der Waals surface area contributed by atoms with E-state index >= 15 is 0 Å². The minimum atomic E-state index is -0.278. The van der Waals surface area contributed by atoms with Gasteiger partial charge in [0.2, 0.25) is 0 Å². The van der Waals surface area contributed by atoms with E-state index in [1.54, 1.807) is 30.6 Å². The molecule has 6 nitrogen and oxygen atoms in total. The van der Waals surface area contributed by atoms with Gasteiger partial charge in [-0.1, -0.05) is 11.6 Å². The molecule has 1 amide bonds. The number of carbonyl (C=O) groups excluding carboxylic acids is 1. The lowest BCUT2D eigenvalue weighted by molar-refractivity contribution is -0.118. The largest absolute Gasteiger partial charge is 0.483 e. The molecule has 0 aliphatic carbocycles. The molecule has 2 heterocycles. The van der Waals surface area contributed by atoms with E-state index in [2.05, 4.69) is 31.3 Å². The van der Waals surface area contributed by atoms with Crippen LogP contribution in [0.2, 0.25) is 5.02 Å². The zero-order chi connectivity index (χ0) is 18.0. The van der Waals surface area contributed by atoms with E-state index in [1.165, 1.54) is 0 Å². The molecule has 0 saturated carbocycles. The van der Waals surface area contributed by atoms with Gasteiger partial charge >= 0.3 is 0 Å². The molecule has 0 aliphatic heterocycles. The molecule has 1 aromatic carbocycles. The van der Waals surface area contributed by atoms with Gasteiger partial charge < -0.3 is 10.1 Å². The minimum absolute atomic E-state index is 0.122. The number of ether oxygens (including phenoxy) is 1. The van der Waals surface area contributed by atoms with Crippen LogP contribution in [0.25, 0.3) is 11.0 Å². The summed E-state index contributed by atoms with van der Waals surface area (Å²) in [6.07, 6.45) is 3.35. The lowest BCUT2D eigenvalue weighted by Crippen LogP contribution is -2.20. The highest BCUT2D eigenvalue weighted by molar-refractivity contribution is 9.10. The Balaban J connectivity index is 1.65. The van der Waals surface area contributed by atoms with Crippen LogP contribution in [0.1, 0.15) is 19.9 Å². The lowest BCUT2D eigenvalue weighted by atomic mass is 10.3. The number of halogens is 2. The number of amides is 1. The van der Waals surface area contributed by atoms with Crippen LogP contribution in [-0.2, 0) is 4.79 Å². The Morgan fingerprint density at radius 2 is 2.16 bits per heavy atom. The van der Waals surface area contributed by atoms with Crippen LogP contribution < -0.4 is 10.1 Å². The molecule has 0 unspecified atom stereocenters. The summed E-state index contributed by atoms with van der Waals surface area (Å²) < 4.78 is 8.02. The van der Waals surface area contributed by atoms with E-state index in [0.29, 0.717) is 20.9 Å². The van der Waals surface area contributed by atoms with Gasteiger partial charge in [0, 0.05) is 16.5 Å². The number of pyridine rings is 1. The van der Waals surface area contributed by atoms with E-state index in [1.807, 2.05) is 24.6 Å². The number of hydrogen-bond donors (Lipinski definition) is 1. The van der Waals surface area contributed by atoms with Gasteiger partial charge in [0.1, 0.15) is 5.75 Å². The molecule has 0 spiro atoms. The van der Waals surface area contributed by atoms with Gasteiger partial charge in [0.25, 0.3) is 5.91 Å². The Morgan fingerprint density at radius 1 is 1.36 bits per heavy atom. The fourth-order valence-corrected chi connectivity index (χ4v) is 3.12. The van der Waals surface area contributed by atoms with Gasteiger partial charge in [0.15, 0.2) is 12.3 Å². The van der Waals surface area contributed by atoms with Gasteiger partial charge in [-0.05, 0) is 54.0 Å². The zero-order valence-corrected chi connectivity index (χ0v) is 16.0. The molecule has 25 heavy (non-hydrogen) atoms. The topological polar surface area (TPSA) is 69.0 Å². The number of fused-ring (bicyclic) bond motifs is 1. The van der Waals surface area contributed by atoms with Gasteiger partial charge in [-0.3, -0.25) is 4.79 Å². The zero-order valence-electron chi connectivity index (χ0n) is 13.7. The predicted molar refractivity (Wildman–Crippen MR) is 101 cm³/mol. The SMILES string of the molecule is CC(C)n1ncc2cc(NC(=O)COc3ccc(Cl)cc3Br)cnc21. The average molecular weight is 424 g/mol.